The molecule has 1 N–H and O–H groups in total. The summed E-state index contributed by atoms with van der Waals surface area (Å²) in [5.41, 5.74) is -0.179. The van der Waals surface area contributed by atoms with Crippen LogP contribution in [0.5, 0.6) is 0 Å². The van der Waals surface area contributed by atoms with E-state index in [1.807, 2.05) is 20.8 Å². The zero-order valence-corrected chi connectivity index (χ0v) is 9.59. The van der Waals surface area contributed by atoms with Crippen molar-refractivity contribution in [2.24, 2.45) is 11.3 Å². The first-order valence-electron chi connectivity index (χ1n) is 4.86. The summed E-state index contributed by atoms with van der Waals surface area (Å²) in [5.74, 6) is 0.284. The molecule has 1 unspecified atom stereocenters. The Morgan fingerprint density at radius 1 is 1.23 bits per heavy atom. The minimum absolute atomic E-state index is 0. The van der Waals surface area contributed by atoms with E-state index in [2.05, 4.69) is 5.32 Å². The molecule has 1 nitrogen and oxygen atoms in total. The average molecular weight is 210 g/mol. The molecule has 1 saturated heterocycles. The largest absolute Gasteiger partial charge is 0.317 e. The predicted octanol–water partition coefficient (Wildman–Crippen LogP) is 2.79. The zero-order valence-electron chi connectivity index (χ0n) is 8.77. The van der Waals surface area contributed by atoms with Gasteiger partial charge in [-0.2, -0.15) is 0 Å². The fourth-order valence-electron chi connectivity index (χ4n) is 1.84. The zero-order chi connectivity index (χ0) is 9.19. The summed E-state index contributed by atoms with van der Waals surface area (Å²) in [6, 6.07) is 0. The van der Waals surface area contributed by atoms with Crippen molar-refractivity contribution in [3.05, 3.63) is 0 Å². The van der Waals surface area contributed by atoms with Gasteiger partial charge in [-0.1, -0.05) is 20.8 Å². The molecule has 0 saturated carbocycles. The number of halogens is 2. The first kappa shape index (κ1) is 13.2. The van der Waals surface area contributed by atoms with Crippen LogP contribution in [0.25, 0.3) is 0 Å². The van der Waals surface area contributed by atoms with Gasteiger partial charge >= 0.3 is 0 Å². The van der Waals surface area contributed by atoms with Gasteiger partial charge in [0, 0.05) is 0 Å². The molecule has 13 heavy (non-hydrogen) atoms. The lowest BCUT2D eigenvalue weighted by molar-refractivity contribution is 0.0792. The molecule has 0 amide bonds. The van der Waals surface area contributed by atoms with E-state index in [0.717, 1.165) is 25.9 Å². The second-order valence-corrected chi connectivity index (χ2v) is 4.86. The van der Waals surface area contributed by atoms with E-state index >= 15 is 0 Å². The van der Waals surface area contributed by atoms with E-state index in [9.17, 15) is 4.39 Å². The Morgan fingerprint density at radius 3 is 2.08 bits per heavy atom. The topological polar surface area (TPSA) is 12.0 Å². The lowest BCUT2D eigenvalue weighted by Crippen LogP contribution is -2.37. The van der Waals surface area contributed by atoms with Crippen molar-refractivity contribution in [2.45, 2.75) is 39.8 Å². The third kappa shape index (κ3) is 3.82. The molecule has 1 aliphatic rings. The third-order valence-corrected chi connectivity index (χ3v) is 2.63. The van der Waals surface area contributed by atoms with E-state index in [4.69, 9.17) is 0 Å². The van der Waals surface area contributed by atoms with Crippen LogP contribution in [-0.4, -0.2) is 19.3 Å². The highest BCUT2D eigenvalue weighted by atomic mass is 35.5. The van der Waals surface area contributed by atoms with Gasteiger partial charge in [-0.3, -0.25) is 0 Å². The Kier molecular flexibility index (Phi) is 5.23. The van der Waals surface area contributed by atoms with Crippen LogP contribution in [0, 0.1) is 11.3 Å². The minimum atomic E-state index is -0.639. The van der Waals surface area contributed by atoms with Crippen molar-refractivity contribution in [2.75, 3.05) is 13.1 Å². The minimum Gasteiger partial charge on any atom is -0.317 e. The molecule has 0 aliphatic carbocycles. The summed E-state index contributed by atoms with van der Waals surface area (Å²) >= 11 is 0. The molecule has 0 radical (unpaired) electrons. The lowest BCUT2D eigenvalue weighted by Gasteiger charge is -2.33. The van der Waals surface area contributed by atoms with Gasteiger partial charge in [0.15, 0.2) is 0 Å². The van der Waals surface area contributed by atoms with Gasteiger partial charge in [0.2, 0.25) is 0 Å². The van der Waals surface area contributed by atoms with Gasteiger partial charge in [0.25, 0.3) is 0 Å². The normalized spacial score (nSPS) is 22.2. The van der Waals surface area contributed by atoms with Crippen LogP contribution in [0.1, 0.15) is 33.6 Å². The van der Waals surface area contributed by atoms with Crippen LogP contribution in [0.3, 0.4) is 0 Å². The van der Waals surface area contributed by atoms with Crippen molar-refractivity contribution in [1.29, 1.82) is 0 Å². The van der Waals surface area contributed by atoms with Crippen LogP contribution in [0.4, 0.5) is 4.39 Å². The molecule has 1 rings (SSSR count). The van der Waals surface area contributed by atoms with Crippen molar-refractivity contribution >= 4 is 12.4 Å². The molecular formula is C10H21ClFN. The summed E-state index contributed by atoms with van der Waals surface area (Å²) < 4.78 is 13.8. The summed E-state index contributed by atoms with van der Waals surface area (Å²) in [6.45, 7) is 7.93. The van der Waals surface area contributed by atoms with Crippen LogP contribution in [0.15, 0.2) is 0 Å². The smallest absolute Gasteiger partial charge is 0.108 e. The van der Waals surface area contributed by atoms with Crippen molar-refractivity contribution < 1.29 is 4.39 Å². The summed E-state index contributed by atoms with van der Waals surface area (Å²) in [6.07, 6.45) is 1.36. The molecular weight excluding hydrogens is 189 g/mol. The van der Waals surface area contributed by atoms with E-state index in [1.165, 1.54) is 0 Å². The molecule has 0 aromatic carbocycles. The Balaban J connectivity index is 0.00000144. The second-order valence-electron chi connectivity index (χ2n) is 4.86. The molecule has 80 valence electrons. The first-order chi connectivity index (χ1) is 5.52. The molecule has 0 bridgehead atoms. The van der Waals surface area contributed by atoms with E-state index in [-0.39, 0.29) is 23.7 Å². The van der Waals surface area contributed by atoms with Crippen LogP contribution in [-0.2, 0) is 0 Å². The Morgan fingerprint density at radius 2 is 1.69 bits per heavy atom. The Labute approximate surface area is 86.9 Å². The standard InChI is InChI=1S/C10H20FN.ClH/c1-10(2,3)9(11)8-4-6-12-7-5-8;/h8-9,12H,4-7H2,1-3H3;1H. The predicted molar refractivity (Wildman–Crippen MR) is 57.2 cm³/mol. The van der Waals surface area contributed by atoms with Crippen LogP contribution < -0.4 is 5.32 Å². The SMILES string of the molecule is CC(C)(C)C(F)C1CCNCC1.Cl. The third-order valence-electron chi connectivity index (χ3n) is 2.63. The van der Waals surface area contributed by atoms with Gasteiger partial charge in [0.1, 0.15) is 6.17 Å². The second kappa shape index (κ2) is 5.16. The molecule has 0 aromatic rings. The van der Waals surface area contributed by atoms with E-state index < -0.39 is 6.17 Å². The number of alkyl halides is 1. The average Bonchev–Trinajstić information content (AvgIpc) is 2.03. The van der Waals surface area contributed by atoms with E-state index in [1.54, 1.807) is 0 Å². The molecule has 1 fully saturated rings. The lowest BCUT2D eigenvalue weighted by atomic mass is 9.79. The Bertz CT molecular complexity index is 138. The number of hydrogen-bond acceptors (Lipinski definition) is 1. The number of nitrogens with one attached hydrogen (secondary N) is 1. The quantitative estimate of drug-likeness (QED) is 0.701. The first-order valence-corrected chi connectivity index (χ1v) is 4.86. The Hall–Kier alpha value is 0.180. The monoisotopic (exact) mass is 209 g/mol. The molecule has 1 atom stereocenters. The van der Waals surface area contributed by atoms with Crippen molar-refractivity contribution in [3.8, 4) is 0 Å². The van der Waals surface area contributed by atoms with Gasteiger partial charge in [-0.15, -0.1) is 12.4 Å². The highest BCUT2D eigenvalue weighted by Crippen LogP contribution is 2.32. The van der Waals surface area contributed by atoms with Crippen LogP contribution in [0.2, 0.25) is 0 Å². The number of hydrogen-bond donors (Lipinski definition) is 1. The molecule has 1 aliphatic heterocycles. The summed E-state index contributed by atoms with van der Waals surface area (Å²) in [7, 11) is 0. The molecule has 0 aromatic heterocycles. The van der Waals surface area contributed by atoms with Crippen molar-refractivity contribution in [3.63, 3.8) is 0 Å². The molecule has 3 heteroatoms. The fraction of sp³-hybridized carbons (Fsp3) is 1.00. The maximum absolute atomic E-state index is 13.8. The maximum atomic E-state index is 13.8. The van der Waals surface area contributed by atoms with Gasteiger partial charge in [-0.05, 0) is 37.3 Å². The van der Waals surface area contributed by atoms with Crippen LogP contribution >= 0.6 is 12.4 Å². The molecule has 1 heterocycles. The molecule has 0 spiro atoms. The number of rotatable bonds is 1. The summed E-state index contributed by atoms with van der Waals surface area (Å²) in [4.78, 5) is 0. The van der Waals surface area contributed by atoms with Gasteiger partial charge in [0.05, 0.1) is 0 Å². The maximum Gasteiger partial charge on any atom is 0.108 e. The van der Waals surface area contributed by atoms with Gasteiger partial charge in [-0.25, -0.2) is 4.39 Å². The highest BCUT2D eigenvalue weighted by molar-refractivity contribution is 5.85. The van der Waals surface area contributed by atoms with Crippen molar-refractivity contribution in [1.82, 2.24) is 5.32 Å². The fourth-order valence-corrected chi connectivity index (χ4v) is 1.84. The summed E-state index contributed by atoms with van der Waals surface area (Å²) in [5, 5.41) is 3.25. The highest BCUT2D eigenvalue weighted by Gasteiger charge is 2.32. The van der Waals surface area contributed by atoms with E-state index in [0.29, 0.717) is 0 Å². The number of piperidine rings is 1. The van der Waals surface area contributed by atoms with Gasteiger partial charge < -0.3 is 5.32 Å².